The van der Waals surface area contributed by atoms with Gasteiger partial charge in [-0.25, -0.2) is 4.79 Å². The summed E-state index contributed by atoms with van der Waals surface area (Å²) in [4.78, 5) is 23.3. The summed E-state index contributed by atoms with van der Waals surface area (Å²) in [5.74, 6) is 1.28. The van der Waals surface area contributed by atoms with Crippen molar-refractivity contribution in [3.05, 3.63) is 0 Å². The van der Waals surface area contributed by atoms with Gasteiger partial charge in [0.25, 0.3) is 0 Å². The number of hydrogen-bond donors (Lipinski definition) is 3. The van der Waals surface area contributed by atoms with Crippen molar-refractivity contribution in [2.45, 2.75) is 58.5 Å². The van der Waals surface area contributed by atoms with Crippen LogP contribution < -0.4 is 10.6 Å². The van der Waals surface area contributed by atoms with E-state index in [1.807, 2.05) is 18.7 Å². The molecule has 0 spiro atoms. The molecule has 0 radical (unpaired) electrons. The summed E-state index contributed by atoms with van der Waals surface area (Å²) in [7, 11) is 0. The Morgan fingerprint density at radius 2 is 2.20 bits per heavy atom. The maximum atomic E-state index is 11.9. The highest BCUT2D eigenvalue weighted by Gasteiger charge is 2.45. The first-order chi connectivity index (χ1) is 9.40. The molecule has 0 aromatic rings. The SMILES string of the molecule is CCSCCC(C)NC(=O)NC1CCCC1(C)C(=O)O. The van der Waals surface area contributed by atoms with E-state index in [4.69, 9.17) is 0 Å². The van der Waals surface area contributed by atoms with Crippen molar-refractivity contribution >= 4 is 23.8 Å². The molecule has 1 fully saturated rings. The molecule has 116 valence electrons. The van der Waals surface area contributed by atoms with Crippen LogP contribution in [0.2, 0.25) is 0 Å². The molecule has 1 aliphatic carbocycles. The third kappa shape index (κ3) is 4.58. The molecule has 1 saturated carbocycles. The topological polar surface area (TPSA) is 78.4 Å². The summed E-state index contributed by atoms with van der Waals surface area (Å²) >= 11 is 1.85. The molecule has 5 nitrogen and oxygen atoms in total. The monoisotopic (exact) mass is 302 g/mol. The smallest absolute Gasteiger partial charge is 0.315 e. The number of carbonyl (C=O) groups excluding carboxylic acids is 1. The first kappa shape index (κ1) is 17.1. The van der Waals surface area contributed by atoms with Crippen LogP contribution in [0.4, 0.5) is 4.79 Å². The number of carbonyl (C=O) groups is 2. The lowest BCUT2D eigenvalue weighted by Crippen LogP contribution is -2.51. The van der Waals surface area contributed by atoms with Crippen LogP contribution in [0.1, 0.15) is 46.5 Å². The van der Waals surface area contributed by atoms with E-state index in [1.54, 1.807) is 6.92 Å². The van der Waals surface area contributed by atoms with E-state index in [9.17, 15) is 14.7 Å². The quantitative estimate of drug-likeness (QED) is 0.631. The van der Waals surface area contributed by atoms with Gasteiger partial charge in [-0.3, -0.25) is 4.79 Å². The van der Waals surface area contributed by atoms with Gasteiger partial charge in [-0.2, -0.15) is 11.8 Å². The molecule has 20 heavy (non-hydrogen) atoms. The summed E-state index contributed by atoms with van der Waals surface area (Å²) < 4.78 is 0. The molecule has 3 unspecified atom stereocenters. The number of carboxylic acid groups (broad SMARTS) is 1. The molecule has 6 heteroatoms. The lowest BCUT2D eigenvalue weighted by Gasteiger charge is -2.28. The number of nitrogens with one attached hydrogen (secondary N) is 2. The Labute approximate surface area is 125 Å². The molecular formula is C14H26N2O3S. The van der Waals surface area contributed by atoms with Crippen LogP contribution in [0.3, 0.4) is 0 Å². The zero-order chi connectivity index (χ0) is 15.2. The third-order valence-electron chi connectivity index (χ3n) is 4.03. The van der Waals surface area contributed by atoms with E-state index < -0.39 is 11.4 Å². The predicted octanol–water partition coefficient (Wildman–Crippen LogP) is 2.46. The Morgan fingerprint density at radius 3 is 2.80 bits per heavy atom. The largest absolute Gasteiger partial charge is 0.481 e. The highest BCUT2D eigenvalue weighted by molar-refractivity contribution is 7.99. The van der Waals surface area contributed by atoms with E-state index in [0.29, 0.717) is 6.42 Å². The van der Waals surface area contributed by atoms with Crippen molar-refractivity contribution in [1.82, 2.24) is 10.6 Å². The third-order valence-corrected chi connectivity index (χ3v) is 4.96. The van der Waals surface area contributed by atoms with Crippen LogP contribution in [0.25, 0.3) is 0 Å². The van der Waals surface area contributed by atoms with Gasteiger partial charge in [0, 0.05) is 12.1 Å². The fourth-order valence-electron chi connectivity index (χ4n) is 2.55. The van der Waals surface area contributed by atoms with E-state index in [-0.39, 0.29) is 18.1 Å². The van der Waals surface area contributed by atoms with Gasteiger partial charge >= 0.3 is 12.0 Å². The van der Waals surface area contributed by atoms with E-state index in [2.05, 4.69) is 17.6 Å². The van der Waals surface area contributed by atoms with Crippen molar-refractivity contribution < 1.29 is 14.7 Å². The summed E-state index contributed by atoms with van der Waals surface area (Å²) in [6.45, 7) is 5.80. The van der Waals surface area contributed by atoms with Gasteiger partial charge < -0.3 is 15.7 Å². The minimum Gasteiger partial charge on any atom is -0.481 e. The number of carboxylic acids is 1. The molecule has 0 bridgehead atoms. The maximum Gasteiger partial charge on any atom is 0.315 e. The fraction of sp³-hybridized carbons (Fsp3) is 0.857. The molecule has 0 aromatic carbocycles. The molecule has 1 aliphatic rings. The number of thioether (sulfide) groups is 1. The van der Waals surface area contributed by atoms with Gasteiger partial charge in [-0.15, -0.1) is 0 Å². The van der Waals surface area contributed by atoms with Gasteiger partial charge in [0.1, 0.15) is 0 Å². The molecule has 3 N–H and O–H groups in total. The highest BCUT2D eigenvalue weighted by Crippen LogP contribution is 2.38. The number of hydrogen-bond acceptors (Lipinski definition) is 3. The van der Waals surface area contributed by atoms with Gasteiger partial charge in [0.05, 0.1) is 5.41 Å². The molecule has 0 heterocycles. The normalized spacial score (nSPS) is 27.1. The Balaban J connectivity index is 2.40. The zero-order valence-corrected chi connectivity index (χ0v) is 13.4. The van der Waals surface area contributed by atoms with E-state index in [0.717, 1.165) is 30.8 Å². The Bertz CT molecular complexity index is 351. The minimum absolute atomic E-state index is 0.103. The first-order valence-corrected chi connectivity index (χ1v) is 8.43. The summed E-state index contributed by atoms with van der Waals surface area (Å²) in [6, 6.07) is -0.429. The highest BCUT2D eigenvalue weighted by atomic mass is 32.2. The van der Waals surface area contributed by atoms with Crippen LogP contribution in [0, 0.1) is 5.41 Å². The number of rotatable bonds is 7. The molecular weight excluding hydrogens is 276 g/mol. The Kier molecular flexibility index (Phi) is 6.65. The zero-order valence-electron chi connectivity index (χ0n) is 12.6. The number of urea groups is 1. The second-order valence-electron chi connectivity index (χ2n) is 5.67. The van der Waals surface area contributed by atoms with Crippen molar-refractivity contribution in [3.63, 3.8) is 0 Å². The first-order valence-electron chi connectivity index (χ1n) is 7.28. The van der Waals surface area contributed by atoms with E-state index in [1.165, 1.54) is 0 Å². The van der Waals surface area contributed by atoms with Gasteiger partial charge in [-0.05, 0) is 44.6 Å². The van der Waals surface area contributed by atoms with Crippen molar-refractivity contribution in [3.8, 4) is 0 Å². The standard InChI is InChI=1S/C14H26N2O3S/c1-4-20-9-7-10(2)15-13(19)16-11-6-5-8-14(11,3)12(17)18/h10-11H,4-9H2,1-3H3,(H,17,18)(H2,15,16,19). The average Bonchev–Trinajstić information content (AvgIpc) is 2.72. The summed E-state index contributed by atoms with van der Waals surface area (Å²) in [5.41, 5.74) is -0.835. The maximum absolute atomic E-state index is 11.9. The Morgan fingerprint density at radius 1 is 1.50 bits per heavy atom. The van der Waals surface area contributed by atoms with Gasteiger partial charge in [-0.1, -0.05) is 13.3 Å². The molecule has 0 aromatic heterocycles. The van der Waals surface area contributed by atoms with Crippen LogP contribution >= 0.6 is 11.8 Å². The van der Waals surface area contributed by atoms with Crippen molar-refractivity contribution in [2.75, 3.05) is 11.5 Å². The van der Waals surface area contributed by atoms with Crippen LogP contribution in [-0.4, -0.2) is 40.7 Å². The molecule has 2 amide bonds. The summed E-state index contributed by atoms with van der Waals surface area (Å²) in [6.07, 6.45) is 3.12. The van der Waals surface area contributed by atoms with Crippen molar-refractivity contribution in [2.24, 2.45) is 5.41 Å². The number of aliphatic carboxylic acids is 1. The lowest BCUT2D eigenvalue weighted by molar-refractivity contribution is -0.148. The Hall–Kier alpha value is -0.910. The average molecular weight is 302 g/mol. The molecule has 1 rings (SSSR count). The second kappa shape index (κ2) is 7.76. The van der Waals surface area contributed by atoms with Gasteiger partial charge in [0.2, 0.25) is 0 Å². The molecule has 0 aliphatic heterocycles. The number of amides is 2. The minimum atomic E-state index is -0.835. The second-order valence-corrected chi connectivity index (χ2v) is 7.07. The summed E-state index contributed by atoms with van der Waals surface area (Å²) in [5, 5.41) is 15.0. The fourth-order valence-corrected chi connectivity index (χ4v) is 3.36. The molecule has 0 saturated heterocycles. The van der Waals surface area contributed by atoms with Crippen LogP contribution in [-0.2, 0) is 4.79 Å². The van der Waals surface area contributed by atoms with Crippen molar-refractivity contribution in [1.29, 1.82) is 0 Å². The predicted molar refractivity (Wildman–Crippen MR) is 82.1 cm³/mol. The van der Waals surface area contributed by atoms with Gasteiger partial charge in [0.15, 0.2) is 0 Å². The lowest BCUT2D eigenvalue weighted by atomic mass is 9.85. The van der Waals surface area contributed by atoms with E-state index >= 15 is 0 Å². The van der Waals surface area contributed by atoms with Crippen LogP contribution in [0.15, 0.2) is 0 Å². The van der Waals surface area contributed by atoms with Crippen LogP contribution in [0.5, 0.6) is 0 Å². The molecule has 3 atom stereocenters.